The molecule has 0 atom stereocenters. The van der Waals surface area contributed by atoms with E-state index in [1.165, 1.54) is 36.4 Å². The van der Waals surface area contributed by atoms with Gasteiger partial charge in [-0.3, -0.25) is 20.2 Å². The van der Waals surface area contributed by atoms with E-state index in [2.05, 4.69) is 0 Å². The molecule has 0 aliphatic rings. The van der Waals surface area contributed by atoms with Gasteiger partial charge in [0.15, 0.2) is 7.14 Å². The largest absolute Gasteiger partial charge is 0.457 e. The lowest BCUT2D eigenvalue weighted by molar-refractivity contribution is -0.385. The van der Waals surface area contributed by atoms with Crippen molar-refractivity contribution in [2.24, 2.45) is 0 Å². The minimum Gasteiger partial charge on any atom is -0.457 e. The number of hydrogen-bond acceptors (Lipinski definition) is 7. The maximum Gasteiger partial charge on any atom is 0.420 e. The van der Waals surface area contributed by atoms with Gasteiger partial charge in [0.2, 0.25) is 0 Å². The summed E-state index contributed by atoms with van der Waals surface area (Å²) in [7, 11) is -3.81. The second-order valence-electron chi connectivity index (χ2n) is 9.76. The Morgan fingerprint density at radius 3 is 1.67 bits per heavy atom. The Labute approximate surface area is 254 Å². The van der Waals surface area contributed by atoms with Crippen molar-refractivity contribution < 1.29 is 37.1 Å². The number of halogens is 3. The van der Waals surface area contributed by atoms with E-state index in [1.807, 2.05) is 0 Å². The van der Waals surface area contributed by atoms with Crippen molar-refractivity contribution in [3.05, 3.63) is 147 Å². The zero-order chi connectivity index (χ0) is 32.4. The molecule has 0 spiro atoms. The summed E-state index contributed by atoms with van der Waals surface area (Å²) in [5, 5.41) is 23.3. The Balaban J connectivity index is 1.71. The standard InChI is InChI=1S/C32H22F3N2O7P/c1-21-18-22(36(38)39)12-15-28(21)44-30-17-14-24(43-29-16-13-23(37(40)41)19-27(29)32(33,34)35)20-31(30)45(42,25-8-4-2-5-9-25)26-10-6-3-7-11-26/h2-20H,1H3. The van der Waals surface area contributed by atoms with E-state index in [0.29, 0.717) is 22.2 Å². The van der Waals surface area contributed by atoms with Crippen molar-refractivity contribution in [3.63, 3.8) is 0 Å². The monoisotopic (exact) mass is 634 g/mol. The molecule has 0 aliphatic heterocycles. The number of non-ortho nitro benzene ring substituents is 2. The maximum atomic E-state index is 15.3. The summed E-state index contributed by atoms with van der Waals surface area (Å²) in [6, 6.07) is 26.9. The maximum absolute atomic E-state index is 15.3. The highest BCUT2D eigenvalue weighted by Gasteiger charge is 2.37. The molecule has 0 bridgehead atoms. The van der Waals surface area contributed by atoms with E-state index in [0.717, 1.165) is 12.1 Å². The third-order valence-corrected chi connectivity index (χ3v) is 9.88. The van der Waals surface area contributed by atoms with Crippen LogP contribution in [0, 0.1) is 27.2 Å². The molecule has 0 heterocycles. The number of nitro benzene ring substituents is 2. The Kier molecular flexibility index (Phi) is 8.43. The van der Waals surface area contributed by atoms with Crippen LogP contribution in [-0.2, 0) is 10.7 Å². The van der Waals surface area contributed by atoms with Crippen LogP contribution in [0.3, 0.4) is 0 Å². The average molecular weight is 635 g/mol. The fourth-order valence-corrected chi connectivity index (χ4v) is 7.42. The number of hydrogen-bond donors (Lipinski definition) is 0. The molecule has 0 N–H and O–H groups in total. The highest BCUT2D eigenvalue weighted by Crippen LogP contribution is 2.48. The van der Waals surface area contributed by atoms with E-state index in [9.17, 15) is 33.4 Å². The minimum atomic E-state index is -4.98. The molecular formula is C32H22F3N2O7P. The molecule has 0 fully saturated rings. The van der Waals surface area contributed by atoms with E-state index in [1.54, 1.807) is 67.6 Å². The second-order valence-corrected chi connectivity index (χ2v) is 12.5. The number of alkyl halides is 3. The van der Waals surface area contributed by atoms with E-state index in [4.69, 9.17) is 9.47 Å². The first-order valence-electron chi connectivity index (χ1n) is 13.2. The molecule has 0 saturated carbocycles. The zero-order valence-corrected chi connectivity index (χ0v) is 24.2. The first-order chi connectivity index (χ1) is 21.4. The van der Waals surface area contributed by atoms with Gasteiger partial charge >= 0.3 is 6.18 Å². The van der Waals surface area contributed by atoms with Gasteiger partial charge in [0.05, 0.1) is 15.2 Å². The van der Waals surface area contributed by atoms with Gasteiger partial charge in [0, 0.05) is 34.9 Å². The third-order valence-electron chi connectivity index (χ3n) is 6.81. The molecule has 228 valence electrons. The van der Waals surface area contributed by atoms with Crippen molar-refractivity contribution in [2.75, 3.05) is 0 Å². The molecule has 0 aromatic heterocycles. The summed E-state index contributed by atoms with van der Waals surface area (Å²) in [5.74, 6) is -0.564. The quantitative estimate of drug-likeness (QED) is 0.0913. The fraction of sp³-hybridized carbons (Fsp3) is 0.0625. The van der Waals surface area contributed by atoms with Gasteiger partial charge in [0.1, 0.15) is 28.6 Å². The number of nitro groups is 2. The third kappa shape index (κ3) is 6.41. The lowest BCUT2D eigenvalue weighted by atomic mass is 10.1. The second kappa shape index (κ2) is 12.3. The number of ether oxygens (including phenoxy) is 2. The van der Waals surface area contributed by atoms with Crippen LogP contribution in [0.5, 0.6) is 23.0 Å². The molecule has 9 nitrogen and oxygen atoms in total. The molecule has 0 aliphatic carbocycles. The number of nitrogens with zero attached hydrogens (tertiary/aromatic N) is 2. The molecule has 5 rings (SSSR count). The first-order valence-corrected chi connectivity index (χ1v) is 14.9. The van der Waals surface area contributed by atoms with Crippen LogP contribution >= 0.6 is 7.14 Å². The fourth-order valence-electron chi connectivity index (χ4n) is 4.65. The lowest BCUT2D eigenvalue weighted by Gasteiger charge is -2.24. The van der Waals surface area contributed by atoms with Crippen molar-refractivity contribution in [1.29, 1.82) is 0 Å². The van der Waals surface area contributed by atoms with Gasteiger partial charge in [-0.2, -0.15) is 13.2 Å². The smallest absolute Gasteiger partial charge is 0.420 e. The van der Waals surface area contributed by atoms with Crippen LogP contribution in [-0.4, -0.2) is 9.85 Å². The summed E-state index contributed by atoms with van der Waals surface area (Å²) in [5.41, 5.74) is -1.89. The minimum absolute atomic E-state index is 0.0649. The molecule has 0 unspecified atom stereocenters. The Hall–Kier alpha value is -5.48. The van der Waals surface area contributed by atoms with Crippen LogP contribution in [0.1, 0.15) is 11.1 Å². The Morgan fingerprint density at radius 1 is 0.644 bits per heavy atom. The number of aryl methyl sites for hydroxylation is 1. The van der Waals surface area contributed by atoms with Crippen LogP contribution in [0.2, 0.25) is 0 Å². The predicted octanol–water partition coefficient (Wildman–Crippen LogP) is 8.05. The highest BCUT2D eigenvalue weighted by atomic mass is 31.2. The van der Waals surface area contributed by atoms with Crippen LogP contribution in [0.4, 0.5) is 24.5 Å². The molecule has 0 amide bonds. The zero-order valence-electron chi connectivity index (χ0n) is 23.3. The Bertz CT molecular complexity index is 1910. The molecule has 0 saturated heterocycles. The van der Waals surface area contributed by atoms with Crippen molar-refractivity contribution >= 4 is 34.4 Å². The van der Waals surface area contributed by atoms with Gasteiger partial charge in [-0.1, -0.05) is 60.7 Å². The summed E-state index contributed by atoms with van der Waals surface area (Å²) < 4.78 is 68.9. The van der Waals surface area contributed by atoms with Gasteiger partial charge in [-0.05, 0) is 42.8 Å². The Morgan fingerprint density at radius 2 is 1.16 bits per heavy atom. The SMILES string of the molecule is Cc1cc([N+](=O)[O-])ccc1Oc1ccc(Oc2ccc([N+](=O)[O-])cc2C(F)(F)F)cc1P(=O)(c1ccccc1)c1ccccc1. The number of benzene rings is 5. The van der Waals surface area contributed by atoms with Gasteiger partial charge < -0.3 is 14.0 Å². The summed E-state index contributed by atoms with van der Waals surface area (Å²) in [6.07, 6.45) is -4.98. The van der Waals surface area contributed by atoms with Crippen LogP contribution in [0.15, 0.2) is 115 Å². The summed E-state index contributed by atoms with van der Waals surface area (Å²) in [4.78, 5) is 20.9. The van der Waals surface area contributed by atoms with Gasteiger partial charge in [0.25, 0.3) is 11.4 Å². The van der Waals surface area contributed by atoms with Crippen LogP contribution in [0.25, 0.3) is 0 Å². The van der Waals surface area contributed by atoms with Crippen LogP contribution < -0.4 is 25.4 Å². The topological polar surface area (TPSA) is 122 Å². The van der Waals surface area contributed by atoms with E-state index >= 15 is 4.57 Å². The summed E-state index contributed by atoms with van der Waals surface area (Å²) >= 11 is 0. The number of rotatable bonds is 9. The van der Waals surface area contributed by atoms with Crippen molar-refractivity contribution in [2.45, 2.75) is 13.1 Å². The van der Waals surface area contributed by atoms with E-state index < -0.39 is 40.2 Å². The van der Waals surface area contributed by atoms with Gasteiger partial charge in [-0.25, -0.2) is 0 Å². The molecular weight excluding hydrogens is 612 g/mol. The molecule has 0 radical (unpaired) electrons. The predicted molar refractivity (Wildman–Crippen MR) is 162 cm³/mol. The van der Waals surface area contributed by atoms with Crippen molar-refractivity contribution in [1.82, 2.24) is 0 Å². The molecule has 5 aromatic rings. The molecule has 13 heteroatoms. The summed E-state index contributed by atoms with van der Waals surface area (Å²) in [6.45, 7) is 1.60. The average Bonchev–Trinajstić information content (AvgIpc) is 3.02. The lowest BCUT2D eigenvalue weighted by Crippen LogP contribution is -2.26. The molecule has 45 heavy (non-hydrogen) atoms. The normalized spacial score (nSPS) is 11.6. The first kappa shape index (κ1) is 31.0. The highest BCUT2D eigenvalue weighted by molar-refractivity contribution is 7.85. The molecule has 5 aromatic carbocycles. The van der Waals surface area contributed by atoms with E-state index in [-0.39, 0.29) is 28.2 Å². The van der Waals surface area contributed by atoms with Gasteiger partial charge in [-0.15, -0.1) is 0 Å². The van der Waals surface area contributed by atoms with Crippen molar-refractivity contribution in [3.8, 4) is 23.0 Å².